The van der Waals surface area contributed by atoms with Crippen molar-refractivity contribution in [2.45, 2.75) is 6.18 Å². The number of pyridine rings is 1. The number of halogens is 3. The molecule has 1 saturated heterocycles. The van der Waals surface area contributed by atoms with Gasteiger partial charge in [0.05, 0.1) is 28.4 Å². The average Bonchev–Trinajstić information content (AvgIpc) is 3.24. The van der Waals surface area contributed by atoms with Gasteiger partial charge in [-0.25, -0.2) is 15.0 Å². The van der Waals surface area contributed by atoms with Gasteiger partial charge in [0.15, 0.2) is 5.65 Å². The number of piperazine rings is 1. The van der Waals surface area contributed by atoms with Gasteiger partial charge in [-0.3, -0.25) is 9.48 Å². The Balaban J connectivity index is 1.50. The van der Waals surface area contributed by atoms with E-state index in [4.69, 9.17) is 0 Å². The summed E-state index contributed by atoms with van der Waals surface area (Å²) in [7, 11) is 1.64. The predicted octanol–water partition coefficient (Wildman–Crippen LogP) is 3.41. The smallest absolute Gasteiger partial charge is 0.337 e. The number of aromatic nitrogens is 5. The van der Waals surface area contributed by atoms with Crippen molar-refractivity contribution in [2.24, 2.45) is 7.05 Å². The number of carbonyl (C=O) groups excluding carboxylic acids is 1. The van der Waals surface area contributed by atoms with Gasteiger partial charge in [-0.15, -0.1) is 0 Å². The number of fused-ring (bicyclic) bond motifs is 1. The molecule has 174 valence electrons. The molecule has 4 heterocycles. The third kappa shape index (κ3) is 3.93. The molecule has 34 heavy (non-hydrogen) atoms. The molecule has 11 heteroatoms. The molecular formula is C23H20F3N7O. The van der Waals surface area contributed by atoms with Gasteiger partial charge in [0.25, 0.3) is 5.91 Å². The monoisotopic (exact) mass is 467 g/mol. The highest BCUT2D eigenvalue weighted by Crippen LogP contribution is 2.37. The number of benzene rings is 1. The SMILES string of the molecule is Cn1ncc2c(C(=O)N3CCN(c4ncccn4)CC3)cc(-c3ccccc3C(F)(F)F)nc21. The normalized spacial score (nSPS) is 14.6. The topological polar surface area (TPSA) is 80.0 Å². The van der Waals surface area contributed by atoms with Crippen LogP contribution in [0.15, 0.2) is 55.0 Å². The third-order valence-corrected chi connectivity index (χ3v) is 5.85. The van der Waals surface area contributed by atoms with E-state index in [2.05, 4.69) is 20.1 Å². The molecule has 8 nitrogen and oxygen atoms in total. The number of nitrogens with zero attached hydrogens (tertiary/aromatic N) is 7. The van der Waals surface area contributed by atoms with Crippen LogP contribution in [0.3, 0.4) is 0 Å². The summed E-state index contributed by atoms with van der Waals surface area (Å²) >= 11 is 0. The molecule has 0 N–H and O–H groups in total. The first-order valence-corrected chi connectivity index (χ1v) is 10.6. The van der Waals surface area contributed by atoms with E-state index in [1.54, 1.807) is 30.4 Å². The maximum atomic E-state index is 13.7. The Bertz CT molecular complexity index is 1350. The zero-order valence-corrected chi connectivity index (χ0v) is 18.2. The minimum absolute atomic E-state index is 0.0729. The van der Waals surface area contributed by atoms with E-state index >= 15 is 0 Å². The van der Waals surface area contributed by atoms with Gasteiger partial charge in [-0.1, -0.05) is 18.2 Å². The van der Waals surface area contributed by atoms with Crippen LogP contribution in [0.4, 0.5) is 19.1 Å². The van der Waals surface area contributed by atoms with Crippen molar-refractivity contribution in [2.75, 3.05) is 31.1 Å². The van der Waals surface area contributed by atoms with E-state index in [9.17, 15) is 18.0 Å². The molecule has 1 amide bonds. The van der Waals surface area contributed by atoms with E-state index < -0.39 is 11.7 Å². The van der Waals surface area contributed by atoms with Crippen molar-refractivity contribution < 1.29 is 18.0 Å². The molecule has 0 radical (unpaired) electrons. The number of alkyl halides is 3. The Kier molecular flexibility index (Phi) is 5.39. The number of rotatable bonds is 3. The van der Waals surface area contributed by atoms with Crippen molar-refractivity contribution in [1.82, 2.24) is 29.6 Å². The van der Waals surface area contributed by atoms with Crippen LogP contribution in [-0.2, 0) is 13.2 Å². The van der Waals surface area contributed by atoms with Crippen LogP contribution in [-0.4, -0.2) is 61.7 Å². The molecule has 0 bridgehead atoms. The van der Waals surface area contributed by atoms with Crippen LogP contribution in [0.5, 0.6) is 0 Å². The summed E-state index contributed by atoms with van der Waals surface area (Å²) < 4.78 is 42.4. The molecule has 0 unspecified atom stereocenters. The van der Waals surface area contributed by atoms with E-state index in [0.717, 1.165) is 6.07 Å². The van der Waals surface area contributed by atoms with Gasteiger partial charge in [0, 0.05) is 51.2 Å². The largest absolute Gasteiger partial charge is 0.417 e. The fraction of sp³-hybridized carbons (Fsp3) is 0.261. The highest BCUT2D eigenvalue weighted by Gasteiger charge is 2.34. The lowest BCUT2D eigenvalue weighted by Crippen LogP contribution is -2.49. The van der Waals surface area contributed by atoms with Crippen molar-refractivity contribution >= 4 is 22.9 Å². The third-order valence-electron chi connectivity index (χ3n) is 5.85. The van der Waals surface area contributed by atoms with E-state index in [-0.39, 0.29) is 22.7 Å². The fourth-order valence-electron chi connectivity index (χ4n) is 4.12. The van der Waals surface area contributed by atoms with Crippen molar-refractivity contribution in [3.05, 3.63) is 66.1 Å². The van der Waals surface area contributed by atoms with E-state index in [1.165, 1.54) is 35.1 Å². The summed E-state index contributed by atoms with van der Waals surface area (Å²) in [5, 5.41) is 4.67. The summed E-state index contributed by atoms with van der Waals surface area (Å²) in [5.41, 5.74) is -0.204. The summed E-state index contributed by atoms with van der Waals surface area (Å²) in [4.78, 5) is 30.1. The molecule has 1 aromatic carbocycles. The second kappa shape index (κ2) is 8.40. The number of anilines is 1. The second-order valence-electron chi connectivity index (χ2n) is 7.93. The Morgan fingerprint density at radius 1 is 1.00 bits per heavy atom. The molecule has 1 aliphatic heterocycles. The summed E-state index contributed by atoms with van der Waals surface area (Å²) in [6, 6.07) is 8.39. The molecule has 0 saturated carbocycles. The van der Waals surface area contributed by atoms with Gasteiger partial charge >= 0.3 is 6.18 Å². The van der Waals surface area contributed by atoms with Crippen LogP contribution in [0.2, 0.25) is 0 Å². The quantitative estimate of drug-likeness (QED) is 0.460. The summed E-state index contributed by atoms with van der Waals surface area (Å²) in [6.07, 6.45) is 0.287. The Labute approximate surface area is 192 Å². The number of hydrogen-bond donors (Lipinski definition) is 0. The second-order valence-corrected chi connectivity index (χ2v) is 7.93. The Morgan fingerprint density at radius 2 is 1.71 bits per heavy atom. The molecule has 1 aliphatic rings. The molecule has 5 rings (SSSR count). The lowest BCUT2D eigenvalue weighted by atomic mass is 10.0. The molecule has 0 aliphatic carbocycles. The number of aryl methyl sites for hydroxylation is 1. The standard InChI is InChI=1S/C23H20F3N7O/c1-31-20-17(14-29-31)16(13-19(30-20)15-5-2-3-6-18(15)23(24,25)26)21(34)32-9-11-33(12-10-32)22-27-7-4-8-28-22/h2-8,13-14H,9-12H2,1H3. The van der Waals surface area contributed by atoms with Crippen LogP contribution in [0.25, 0.3) is 22.3 Å². The minimum atomic E-state index is -4.56. The lowest BCUT2D eigenvalue weighted by Gasteiger charge is -2.34. The molecule has 0 atom stereocenters. The van der Waals surface area contributed by atoms with Crippen molar-refractivity contribution in [3.63, 3.8) is 0 Å². The van der Waals surface area contributed by atoms with Gasteiger partial charge in [-0.05, 0) is 18.2 Å². The molecule has 3 aromatic heterocycles. The van der Waals surface area contributed by atoms with Crippen LogP contribution in [0, 0.1) is 0 Å². The predicted molar refractivity (Wildman–Crippen MR) is 119 cm³/mol. The Hall–Kier alpha value is -4.02. The van der Waals surface area contributed by atoms with Gasteiger partial charge < -0.3 is 9.80 Å². The molecule has 0 spiro atoms. The summed E-state index contributed by atoms with van der Waals surface area (Å²) in [5.74, 6) is 0.318. The fourth-order valence-corrected chi connectivity index (χ4v) is 4.12. The highest BCUT2D eigenvalue weighted by atomic mass is 19.4. The first-order chi connectivity index (χ1) is 16.3. The van der Waals surface area contributed by atoms with Gasteiger partial charge in [-0.2, -0.15) is 18.3 Å². The first kappa shape index (κ1) is 21.8. The van der Waals surface area contributed by atoms with Crippen LogP contribution < -0.4 is 4.90 Å². The molecule has 1 fully saturated rings. The zero-order valence-electron chi connectivity index (χ0n) is 18.2. The van der Waals surface area contributed by atoms with Gasteiger partial charge in [0.2, 0.25) is 5.95 Å². The maximum absolute atomic E-state index is 13.7. The highest BCUT2D eigenvalue weighted by molar-refractivity contribution is 6.06. The minimum Gasteiger partial charge on any atom is -0.337 e. The number of carbonyl (C=O) groups is 1. The van der Waals surface area contributed by atoms with Crippen LogP contribution in [0.1, 0.15) is 15.9 Å². The molecular weight excluding hydrogens is 447 g/mol. The van der Waals surface area contributed by atoms with E-state index in [1.807, 2.05) is 4.90 Å². The maximum Gasteiger partial charge on any atom is 0.417 e. The Morgan fingerprint density at radius 3 is 2.41 bits per heavy atom. The zero-order chi connectivity index (χ0) is 23.9. The molecule has 4 aromatic rings. The first-order valence-electron chi connectivity index (χ1n) is 10.6. The number of hydrogen-bond acceptors (Lipinski definition) is 6. The van der Waals surface area contributed by atoms with E-state index in [0.29, 0.717) is 43.2 Å². The summed E-state index contributed by atoms with van der Waals surface area (Å²) in [6.45, 7) is 1.94. The lowest BCUT2D eigenvalue weighted by molar-refractivity contribution is -0.137. The van der Waals surface area contributed by atoms with Crippen molar-refractivity contribution in [3.8, 4) is 11.3 Å². The average molecular weight is 467 g/mol. The van der Waals surface area contributed by atoms with Crippen molar-refractivity contribution in [1.29, 1.82) is 0 Å². The van der Waals surface area contributed by atoms with Gasteiger partial charge in [0.1, 0.15) is 0 Å². The number of amides is 1. The van der Waals surface area contributed by atoms with Crippen LogP contribution >= 0.6 is 0 Å².